The number of halogens is 1. The van der Waals surface area contributed by atoms with Crippen molar-refractivity contribution < 1.29 is 22.4 Å². The molecule has 2 aromatic carbocycles. The third kappa shape index (κ3) is 7.55. The van der Waals surface area contributed by atoms with E-state index in [1.807, 2.05) is 26.0 Å². The van der Waals surface area contributed by atoms with Crippen LogP contribution >= 0.6 is 0 Å². The molecule has 34 heavy (non-hydrogen) atoms. The van der Waals surface area contributed by atoms with Crippen LogP contribution in [-0.2, 0) is 26.2 Å². The molecule has 2 rings (SSSR count). The Morgan fingerprint density at radius 3 is 2.26 bits per heavy atom. The molecule has 1 N–H and O–H groups in total. The summed E-state index contributed by atoms with van der Waals surface area (Å²) in [6.07, 6.45) is 1.48. The van der Waals surface area contributed by atoms with Crippen molar-refractivity contribution in [2.75, 3.05) is 23.7 Å². The summed E-state index contributed by atoms with van der Waals surface area (Å²) in [5.41, 5.74) is 3.28. The highest BCUT2D eigenvalue weighted by atomic mass is 32.2. The number of carbonyl (C=O) groups excluding carboxylic acids is 2. The van der Waals surface area contributed by atoms with Crippen molar-refractivity contribution in [3.05, 3.63) is 65.0 Å². The molecule has 0 aliphatic heterocycles. The molecule has 0 unspecified atom stereocenters. The molecular weight excluding hydrogens is 457 g/mol. The summed E-state index contributed by atoms with van der Waals surface area (Å²) in [6.45, 7) is 8.01. The first-order valence-corrected chi connectivity index (χ1v) is 13.2. The monoisotopic (exact) mass is 491 g/mol. The molecule has 0 fully saturated rings. The predicted molar refractivity (Wildman–Crippen MR) is 132 cm³/mol. The van der Waals surface area contributed by atoms with E-state index < -0.39 is 16.1 Å². The van der Waals surface area contributed by atoms with E-state index in [4.69, 9.17) is 0 Å². The highest BCUT2D eigenvalue weighted by Gasteiger charge is 2.26. The van der Waals surface area contributed by atoms with E-state index in [0.29, 0.717) is 17.8 Å². The average Bonchev–Trinajstić information content (AvgIpc) is 2.77. The molecular formula is C25H34FN3O4S. The topological polar surface area (TPSA) is 86.8 Å². The molecule has 0 bridgehead atoms. The van der Waals surface area contributed by atoms with Crippen molar-refractivity contribution in [1.29, 1.82) is 0 Å². The summed E-state index contributed by atoms with van der Waals surface area (Å²) in [5, 5.41) is 2.72. The fourth-order valence-corrected chi connectivity index (χ4v) is 4.53. The number of carbonyl (C=O) groups is 2. The van der Waals surface area contributed by atoms with Crippen LogP contribution < -0.4 is 9.62 Å². The summed E-state index contributed by atoms with van der Waals surface area (Å²) < 4.78 is 39.4. The van der Waals surface area contributed by atoms with E-state index in [0.717, 1.165) is 17.4 Å². The number of aryl methyl sites for hydroxylation is 2. The van der Waals surface area contributed by atoms with Crippen LogP contribution in [0, 0.1) is 19.7 Å². The number of hydrogen-bond donors (Lipinski definition) is 1. The number of hydrogen-bond acceptors (Lipinski definition) is 4. The third-order valence-corrected chi connectivity index (χ3v) is 6.91. The lowest BCUT2D eigenvalue weighted by Crippen LogP contribution is -2.47. The third-order valence-electron chi connectivity index (χ3n) is 5.72. The number of rotatable bonds is 11. The molecule has 0 saturated heterocycles. The molecule has 186 valence electrons. The zero-order chi connectivity index (χ0) is 25.5. The number of anilines is 1. The summed E-state index contributed by atoms with van der Waals surface area (Å²) in [4.78, 5) is 27.0. The van der Waals surface area contributed by atoms with Gasteiger partial charge in [0.1, 0.15) is 11.9 Å². The summed E-state index contributed by atoms with van der Waals surface area (Å²) in [6, 6.07) is 10.5. The molecule has 0 radical (unpaired) electrons. The van der Waals surface area contributed by atoms with Crippen molar-refractivity contribution in [3.8, 4) is 0 Å². The molecule has 0 aliphatic rings. The van der Waals surface area contributed by atoms with Crippen LogP contribution in [0.25, 0.3) is 0 Å². The fraction of sp³-hybridized carbons (Fsp3) is 0.440. The highest BCUT2D eigenvalue weighted by Crippen LogP contribution is 2.22. The molecule has 0 aromatic heterocycles. The van der Waals surface area contributed by atoms with Gasteiger partial charge in [-0.25, -0.2) is 12.8 Å². The summed E-state index contributed by atoms with van der Waals surface area (Å²) in [7, 11) is -3.55. The number of benzene rings is 2. The van der Waals surface area contributed by atoms with E-state index >= 15 is 0 Å². The Hall–Kier alpha value is -2.94. The largest absolute Gasteiger partial charge is 0.355 e. The lowest BCUT2D eigenvalue weighted by molar-refractivity contribution is -0.140. The molecule has 7 nitrogen and oxygen atoms in total. The lowest BCUT2D eigenvalue weighted by Gasteiger charge is -2.29. The smallest absolute Gasteiger partial charge is 0.242 e. The quantitative estimate of drug-likeness (QED) is 0.521. The van der Waals surface area contributed by atoms with Crippen LogP contribution in [0.1, 0.15) is 43.4 Å². The van der Waals surface area contributed by atoms with Crippen molar-refractivity contribution in [3.63, 3.8) is 0 Å². The fourth-order valence-electron chi connectivity index (χ4n) is 3.58. The van der Waals surface area contributed by atoms with Crippen LogP contribution in [0.4, 0.5) is 10.1 Å². The summed E-state index contributed by atoms with van der Waals surface area (Å²) in [5.74, 6) is -0.951. The van der Waals surface area contributed by atoms with Crippen molar-refractivity contribution in [1.82, 2.24) is 10.2 Å². The van der Waals surface area contributed by atoms with Gasteiger partial charge in [0, 0.05) is 26.1 Å². The van der Waals surface area contributed by atoms with Crippen molar-refractivity contribution in [2.45, 2.75) is 53.1 Å². The number of nitrogens with zero attached hydrogens (tertiary/aromatic N) is 2. The second-order valence-electron chi connectivity index (χ2n) is 8.43. The van der Waals surface area contributed by atoms with Gasteiger partial charge >= 0.3 is 0 Å². The van der Waals surface area contributed by atoms with Gasteiger partial charge in [-0.3, -0.25) is 13.9 Å². The highest BCUT2D eigenvalue weighted by molar-refractivity contribution is 7.92. The minimum absolute atomic E-state index is 0.0573. The van der Waals surface area contributed by atoms with Gasteiger partial charge in [0.25, 0.3) is 0 Å². The Labute approximate surface area is 202 Å². The number of nitrogens with one attached hydrogen (secondary N) is 1. The second kappa shape index (κ2) is 12.0. The average molecular weight is 492 g/mol. The molecule has 0 heterocycles. The Morgan fingerprint density at radius 1 is 1.06 bits per heavy atom. The molecule has 2 amide bonds. The van der Waals surface area contributed by atoms with Gasteiger partial charge in [-0.2, -0.15) is 0 Å². The molecule has 0 aliphatic carbocycles. The normalized spacial score (nSPS) is 12.2. The number of likely N-dealkylation sites (N-methyl/N-ethyl adjacent to an activating group) is 1. The maximum atomic E-state index is 13.3. The first-order valence-electron chi connectivity index (χ1n) is 11.3. The van der Waals surface area contributed by atoms with E-state index in [-0.39, 0.29) is 43.6 Å². The van der Waals surface area contributed by atoms with Crippen molar-refractivity contribution in [2.24, 2.45) is 0 Å². The van der Waals surface area contributed by atoms with Crippen LogP contribution in [0.15, 0.2) is 42.5 Å². The van der Waals surface area contributed by atoms with Gasteiger partial charge < -0.3 is 10.2 Å². The maximum absolute atomic E-state index is 13.3. The SMILES string of the molecule is CCNC(=O)[C@@H](C)N(Cc1ccc(F)cc1)C(=O)CCCN(c1ccc(C)c(C)c1)S(C)(=O)=O. The zero-order valence-corrected chi connectivity index (χ0v) is 21.3. The first kappa shape index (κ1) is 27.3. The van der Waals surface area contributed by atoms with E-state index in [1.165, 1.54) is 21.3 Å². The predicted octanol–water partition coefficient (Wildman–Crippen LogP) is 3.54. The Bertz CT molecular complexity index is 1100. The van der Waals surface area contributed by atoms with E-state index in [1.54, 1.807) is 32.0 Å². The molecule has 0 spiro atoms. The molecule has 0 saturated carbocycles. The Balaban J connectivity index is 2.16. The first-order chi connectivity index (χ1) is 15.9. The van der Waals surface area contributed by atoms with Gasteiger partial charge in [-0.15, -0.1) is 0 Å². The zero-order valence-electron chi connectivity index (χ0n) is 20.5. The number of sulfonamides is 1. The Kier molecular flexibility index (Phi) is 9.61. The molecule has 1 atom stereocenters. The Morgan fingerprint density at radius 2 is 1.71 bits per heavy atom. The maximum Gasteiger partial charge on any atom is 0.242 e. The van der Waals surface area contributed by atoms with Crippen LogP contribution in [-0.4, -0.2) is 50.5 Å². The van der Waals surface area contributed by atoms with E-state index in [2.05, 4.69) is 5.32 Å². The second-order valence-corrected chi connectivity index (χ2v) is 10.3. The van der Waals surface area contributed by atoms with Gasteiger partial charge in [0.15, 0.2) is 0 Å². The molecule has 2 aromatic rings. The standard InChI is InChI=1S/C25H34FN3O4S/c1-6-27-25(31)20(4)28(17-21-10-12-22(26)13-11-21)24(30)8-7-15-29(34(5,32)33)23-14-9-18(2)19(3)16-23/h9-14,16,20H,6-8,15,17H2,1-5H3,(H,27,31)/t20-/m1/s1. The van der Waals surface area contributed by atoms with Gasteiger partial charge in [0.05, 0.1) is 11.9 Å². The van der Waals surface area contributed by atoms with Gasteiger partial charge in [-0.1, -0.05) is 18.2 Å². The van der Waals surface area contributed by atoms with Gasteiger partial charge in [0.2, 0.25) is 21.8 Å². The molecule has 9 heteroatoms. The lowest BCUT2D eigenvalue weighted by atomic mass is 10.1. The van der Waals surface area contributed by atoms with E-state index in [9.17, 15) is 22.4 Å². The summed E-state index contributed by atoms with van der Waals surface area (Å²) >= 11 is 0. The minimum atomic E-state index is -3.55. The number of amides is 2. The van der Waals surface area contributed by atoms with Crippen LogP contribution in [0.3, 0.4) is 0 Å². The van der Waals surface area contributed by atoms with Gasteiger partial charge in [-0.05, 0) is 75.1 Å². The van der Waals surface area contributed by atoms with Crippen LogP contribution in [0.2, 0.25) is 0 Å². The van der Waals surface area contributed by atoms with Crippen molar-refractivity contribution >= 4 is 27.5 Å². The minimum Gasteiger partial charge on any atom is -0.355 e. The van der Waals surface area contributed by atoms with Crippen LogP contribution in [0.5, 0.6) is 0 Å².